The molecule has 0 fully saturated rings. The molecule has 0 spiro atoms. The second-order valence-electron chi connectivity index (χ2n) is 4.92. The van der Waals surface area contributed by atoms with Crippen LogP contribution in [0.3, 0.4) is 0 Å². The third-order valence-electron chi connectivity index (χ3n) is 3.47. The van der Waals surface area contributed by atoms with Crippen molar-refractivity contribution in [3.63, 3.8) is 0 Å². The van der Waals surface area contributed by atoms with E-state index in [1.165, 1.54) is 35.2 Å². The Morgan fingerprint density at radius 3 is 2.16 bits per heavy atom. The van der Waals surface area contributed by atoms with Gasteiger partial charge in [0.15, 0.2) is 0 Å². The van der Waals surface area contributed by atoms with Gasteiger partial charge in [-0.2, -0.15) is 0 Å². The molecule has 0 amide bonds. The summed E-state index contributed by atoms with van der Waals surface area (Å²) in [6.07, 6.45) is 3.46. The summed E-state index contributed by atoms with van der Waals surface area (Å²) in [6, 6.07) is 17.4. The molecular weight excluding hydrogens is 230 g/mol. The fourth-order valence-corrected chi connectivity index (χ4v) is 2.35. The van der Waals surface area contributed by atoms with Crippen LogP contribution in [0.15, 0.2) is 48.5 Å². The highest BCUT2D eigenvalue weighted by atomic mass is 14.9. The third-order valence-corrected chi connectivity index (χ3v) is 3.47. The van der Waals surface area contributed by atoms with Gasteiger partial charge in [0, 0.05) is 12.2 Å². The van der Waals surface area contributed by atoms with Crippen LogP contribution in [0, 0.1) is 0 Å². The number of nitrogens with one attached hydrogen (secondary N) is 1. The van der Waals surface area contributed by atoms with Crippen molar-refractivity contribution >= 4 is 5.69 Å². The van der Waals surface area contributed by atoms with Crippen molar-refractivity contribution < 1.29 is 0 Å². The summed E-state index contributed by atoms with van der Waals surface area (Å²) in [5, 5.41) is 3.50. The molecule has 1 N–H and O–H groups in total. The molecule has 0 unspecified atom stereocenters. The molecule has 0 aliphatic rings. The van der Waals surface area contributed by atoms with E-state index in [1.54, 1.807) is 0 Å². The highest BCUT2D eigenvalue weighted by Gasteiger charge is 1.99. The lowest BCUT2D eigenvalue weighted by molar-refractivity contribution is 0.922. The predicted molar refractivity (Wildman–Crippen MR) is 83.6 cm³/mol. The molecule has 0 radical (unpaired) electrons. The number of aryl methyl sites for hydroxylation is 2. The van der Waals surface area contributed by atoms with Crippen LogP contribution in [-0.4, -0.2) is 0 Å². The minimum absolute atomic E-state index is 0.900. The van der Waals surface area contributed by atoms with Gasteiger partial charge in [0.2, 0.25) is 0 Å². The second kappa shape index (κ2) is 6.98. The summed E-state index contributed by atoms with van der Waals surface area (Å²) in [4.78, 5) is 0. The maximum atomic E-state index is 3.50. The second-order valence-corrected chi connectivity index (χ2v) is 4.92. The molecule has 0 atom stereocenters. The van der Waals surface area contributed by atoms with Gasteiger partial charge in [-0.05, 0) is 41.7 Å². The average molecular weight is 253 g/mol. The van der Waals surface area contributed by atoms with Crippen LogP contribution in [0.5, 0.6) is 0 Å². The zero-order valence-corrected chi connectivity index (χ0v) is 11.9. The number of hydrogen-bond acceptors (Lipinski definition) is 1. The highest BCUT2D eigenvalue weighted by molar-refractivity contribution is 5.45. The van der Waals surface area contributed by atoms with E-state index >= 15 is 0 Å². The van der Waals surface area contributed by atoms with Crippen LogP contribution in [0.1, 0.15) is 37.0 Å². The molecule has 2 rings (SSSR count). The van der Waals surface area contributed by atoms with E-state index in [0.717, 1.165) is 13.0 Å². The van der Waals surface area contributed by atoms with Crippen LogP contribution in [-0.2, 0) is 19.4 Å². The number of rotatable bonds is 6. The van der Waals surface area contributed by atoms with Crippen molar-refractivity contribution in [2.75, 3.05) is 5.32 Å². The Bertz CT molecular complexity index is 499. The van der Waals surface area contributed by atoms with Crippen molar-refractivity contribution in [3.8, 4) is 0 Å². The van der Waals surface area contributed by atoms with Gasteiger partial charge in [-0.25, -0.2) is 0 Å². The Morgan fingerprint density at radius 2 is 1.53 bits per heavy atom. The van der Waals surface area contributed by atoms with Crippen molar-refractivity contribution in [2.24, 2.45) is 0 Å². The third kappa shape index (κ3) is 3.85. The molecule has 1 nitrogen and oxygen atoms in total. The van der Waals surface area contributed by atoms with Crippen molar-refractivity contribution in [1.82, 2.24) is 0 Å². The molecule has 2 aromatic rings. The van der Waals surface area contributed by atoms with Gasteiger partial charge in [0.05, 0.1) is 0 Å². The van der Waals surface area contributed by atoms with Crippen LogP contribution >= 0.6 is 0 Å². The Morgan fingerprint density at radius 1 is 0.842 bits per heavy atom. The van der Waals surface area contributed by atoms with Crippen LogP contribution in [0.2, 0.25) is 0 Å². The summed E-state index contributed by atoms with van der Waals surface area (Å²) < 4.78 is 0. The normalized spacial score (nSPS) is 10.4. The molecular formula is C18H23N. The molecule has 0 aromatic heterocycles. The monoisotopic (exact) mass is 253 g/mol. The number of benzene rings is 2. The molecule has 0 bridgehead atoms. The van der Waals surface area contributed by atoms with E-state index in [2.05, 4.69) is 67.7 Å². The first-order valence-electron chi connectivity index (χ1n) is 7.23. The minimum atomic E-state index is 0.900. The fraction of sp³-hybridized carbons (Fsp3) is 0.333. The van der Waals surface area contributed by atoms with Gasteiger partial charge in [-0.1, -0.05) is 56.7 Å². The smallest absolute Gasteiger partial charge is 0.0403 e. The van der Waals surface area contributed by atoms with E-state index in [9.17, 15) is 0 Å². The van der Waals surface area contributed by atoms with Gasteiger partial charge in [-0.3, -0.25) is 0 Å². The van der Waals surface area contributed by atoms with Gasteiger partial charge >= 0.3 is 0 Å². The molecule has 0 saturated heterocycles. The molecule has 1 heteroatoms. The lowest BCUT2D eigenvalue weighted by atomic mass is 10.1. The summed E-state index contributed by atoms with van der Waals surface area (Å²) in [7, 11) is 0. The standard InChI is InChI=1S/C18H23N/c1-3-7-15-10-12-18(13-11-15)19-14-17-9-6-5-8-16(17)4-2/h5-6,8-13,19H,3-4,7,14H2,1-2H3. The molecule has 19 heavy (non-hydrogen) atoms. The van der Waals surface area contributed by atoms with Crippen molar-refractivity contribution in [1.29, 1.82) is 0 Å². The Hall–Kier alpha value is -1.76. The zero-order valence-electron chi connectivity index (χ0n) is 11.9. The first-order valence-corrected chi connectivity index (χ1v) is 7.23. The molecule has 0 aliphatic heterocycles. The zero-order chi connectivity index (χ0) is 13.5. The van der Waals surface area contributed by atoms with E-state index in [0.29, 0.717) is 0 Å². The van der Waals surface area contributed by atoms with Crippen LogP contribution in [0.4, 0.5) is 5.69 Å². The van der Waals surface area contributed by atoms with Crippen LogP contribution in [0.25, 0.3) is 0 Å². The van der Waals surface area contributed by atoms with Crippen molar-refractivity contribution in [3.05, 3.63) is 65.2 Å². The number of hydrogen-bond donors (Lipinski definition) is 1. The summed E-state index contributed by atoms with van der Waals surface area (Å²) in [5.74, 6) is 0. The number of anilines is 1. The summed E-state index contributed by atoms with van der Waals surface area (Å²) in [6.45, 7) is 5.32. The SMILES string of the molecule is CCCc1ccc(NCc2ccccc2CC)cc1. The Balaban J connectivity index is 1.98. The first kappa shape index (κ1) is 13.7. The van der Waals surface area contributed by atoms with E-state index in [4.69, 9.17) is 0 Å². The molecule has 0 saturated carbocycles. The average Bonchev–Trinajstić information content (AvgIpc) is 2.47. The van der Waals surface area contributed by atoms with Gasteiger partial charge < -0.3 is 5.32 Å². The lowest BCUT2D eigenvalue weighted by Crippen LogP contribution is -2.02. The maximum absolute atomic E-state index is 3.50. The van der Waals surface area contributed by atoms with Gasteiger partial charge in [0.1, 0.15) is 0 Å². The quantitative estimate of drug-likeness (QED) is 0.778. The summed E-state index contributed by atoms with van der Waals surface area (Å²) >= 11 is 0. The van der Waals surface area contributed by atoms with E-state index in [1.807, 2.05) is 0 Å². The van der Waals surface area contributed by atoms with Gasteiger partial charge in [-0.15, -0.1) is 0 Å². The minimum Gasteiger partial charge on any atom is -0.381 e. The van der Waals surface area contributed by atoms with Gasteiger partial charge in [0.25, 0.3) is 0 Å². The lowest BCUT2D eigenvalue weighted by Gasteiger charge is -2.10. The summed E-state index contributed by atoms with van der Waals surface area (Å²) in [5.41, 5.74) is 5.44. The predicted octanol–water partition coefficient (Wildman–Crippen LogP) is 4.81. The maximum Gasteiger partial charge on any atom is 0.0403 e. The molecule has 0 heterocycles. The van der Waals surface area contributed by atoms with E-state index < -0.39 is 0 Å². The Labute approximate surface area is 116 Å². The molecule has 100 valence electrons. The van der Waals surface area contributed by atoms with Crippen molar-refractivity contribution in [2.45, 2.75) is 39.7 Å². The topological polar surface area (TPSA) is 12.0 Å². The van der Waals surface area contributed by atoms with Crippen LogP contribution < -0.4 is 5.32 Å². The molecule has 2 aromatic carbocycles. The Kier molecular flexibility index (Phi) is 5.02. The highest BCUT2D eigenvalue weighted by Crippen LogP contribution is 2.14. The first-order chi connectivity index (χ1) is 9.33. The van der Waals surface area contributed by atoms with E-state index in [-0.39, 0.29) is 0 Å². The fourth-order valence-electron chi connectivity index (χ4n) is 2.35. The largest absolute Gasteiger partial charge is 0.381 e. The molecule has 0 aliphatic carbocycles.